The van der Waals surface area contributed by atoms with Gasteiger partial charge in [-0.3, -0.25) is 14.8 Å². The number of nitrogens with one attached hydrogen (secondary N) is 1. The maximum absolute atomic E-state index is 11.8. The number of anilines is 1. The molecule has 0 aliphatic carbocycles. The van der Waals surface area contributed by atoms with Crippen molar-refractivity contribution in [3.05, 3.63) is 48.0 Å². The Morgan fingerprint density at radius 3 is 2.71 bits per heavy atom. The molecule has 2 aromatic heterocycles. The number of nitrogen functional groups attached to an aromatic ring is 1. The van der Waals surface area contributed by atoms with Crippen molar-refractivity contribution in [2.45, 2.75) is 6.92 Å². The summed E-state index contributed by atoms with van der Waals surface area (Å²) in [5.41, 5.74) is 17.7. The summed E-state index contributed by atoms with van der Waals surface area (Å²) in [5.74, 6) is -0.597. The van der Waals surface area contributed by atoms with E-state index in [2.05, 4.69) is 19.9 Å². The van der Waals surface area contributed by atoms with Gasteiger partial charge in [0.15, 0.2) is 0 Å². The van der Waals surface area contributed by atoms with Crippen LogP contribution >= 0.6 is 0 Å². The van der Waals surface area contributed by atoms with Crippen molar-refractivity contribution in [1.29, 1.82) is 0 Å². The van der Waals surface area contributed by atoms with Gasteiger partial charge in [-0.1, -0.05) is 6.07 Å². The van der Waals surface area contributed by atoms with E-state index < -0.39 is 5.91 Å². The molecule has 0 saturated carbocycles. The predicted molar refractivity (Wildman–Crippen MR) is 92.3 cm³/mol. The number of imidazole rings is 1. The molecule has 0 aliphatic rings. The van der Waals surface area contributed by atoms with Crippen LogP contribution in [0.25, 0.3) is 33.2 Å². The molecule has 7 heteroatoms. The van der Waals surface area contributed by atoms with Crippen molar-refractivity contribution in [3.8, 4) is 11.1 Å². The summed E-state index contributed by atoms with van der Waals surface area (Å²) in [6.07, 6.45) is 4.80. The number of hydrogen-bond donors (Lipinski definition) is 3. The Bertz CT molecular complexity index is 1110. The highest BCUT2D eigenvalue weighted by molar-refractivity contribution is 6.10. The number of rotatable bonds is 2. The van der Waals surface area contributed by atoms with E-state index in [9.17, 15) is 4.79 Å². The molecule has 0 fully saturated rings. The number of carbonyl (C=O) groups is 1. The minimum absolute atomic E-state index is 0.236. The molecular formula is C17H14N6O. The highest BCUT2D eigenvalue weighted by atomic mass is 16.1. The maximum atomic E-state index is 11.8. The number of nitrogens with two attached hydrogens (primary N) is 2. The van der Waals surface area contributed by atoms with Crippen molar-refractivity contribution < 1.29 is 4.79 Å². The van der Waals surface area contributed by atoms with E-state index in [4.69, 9.17) is 11.5 Å². The number of benzene rings is 2. The fourth-order valence-electron chi connectivity index (χ4n) is 3.02. The van der Waals surface area contributed by atoms with E-state index in [1.54, 1.807) is 24.8 Å². The Labute approximate surface area is 136 Å². The lowest BCUT2D eigenvalue weighted by atomic mass is 9.94. The van der Waals surface area contributed by atoms with Crippen LogP contribution in [0.15, 0.2) is 36.9 Å². The first kappa shape index (κ1) is 14.1. The number of amides is 1. The first-order chi connectivity index (χ1) is 11.6. The third kappa shape index (κ3) is 1.91. The second-order valence-electron chi connectivity index (χ2n) is 5.54. The minimum Gasteiger partial charge on any atom is -0.398 e. The lowest BCUT2D eigenvalue weighted by Gasteiger charge is -2.14. The number of hydrogen-bond acceptors (Lipinski definition) is 5. The van der Waals surface area contributed by atoms with Gasteiger partial charge in [0.25, 0.3) is 5.91 Å². The van der Waals surface area contributed by atoms with Crippen molar-refractivity contribution in [3.63, 3.8) is 0 Å². The van der Waals surface area contributed by atoms with Crippen LogP contribution in [0, 0.1) is 6.92 Å². The van der Waals surface area contributed by atoms with Gasteiger partial charge < -0.3 is 16.5 Å². The van der Waals surface area contributed by atoms with Crippen LogP contribution in [-0.2, 0) is 0 Å². The quantitative estimate of drug-likeness (QED) is 0.489. The van der Waals surface area contributed by atoms with E-state index >= 15 is 0 Å². The van der Waals surface area contributed by atoms with Crippen LogP contribution in [0.5, 0.6) is 0 Å². The van der Waals surface area contributed by atoms with Crippen molar-refractivity contribution in [2.24, 2.45) is 5.73 Å². The summed E-state index contributed by atoms with van der Waals surface area (Å²) in [7, 11) is 0. The van der Waals surface area contributed by atoms with E-state index in [0.29, 0.717) is 22.3 Å². The lowest BCUT2D eigenvalue weighted by molar-refractivity contribution is 0.100. The topological polar surface area (TPSA) is 124 Å². The van der Waals surface area contributed by atoms with E-state index in [-0.39, 0.29) is 5.56 Å². The number of nitrogens with zero attached hydrogens (tertiary/aromatic N) is 3. The zero-order chi connectivity index (χ0) is 16.8. The number of aromatic nitrogens is 4. The predicted octanol–water partition coefficient (Wildman–Crippen LogP) is 2.16. The standard InChI is InChI=1S/C17H14N6O/c1-8-9(2-3-11-15(8)23-7-22-11)13-14(18)10(17(19)24)6-12-16(13)21-5-4-20-12/h2-7H,18H2,1H3,(H2,19,24)(H,22,23). The molecule has 0 unspecified atom stereocenters. The second kappa shape index (κ2) is 5.02. The average molecular weight is 318 g/mol. The Morgan fingerprint density at radius 1 is 1.12 bits per heavy atom. The number of carbonyl (C=O) groups excluding carboxylic acids is 1. The zero-order valence-electron chi connectivity index (χ0n) is 12.9. The number of primary amides is 1. The van der Waals surface area contributed by atoms with E-state index in [1.807, 2.05) is 19.1 Å². The Kier molecular flexibility index (Phi) is 2.96. The van der Waals surface area contributed by atoms with Gasteiger partial charge in [0.05, 0.1) is 39.6 Å². The largest absolute Gasteiger partial charge is 0.398 e. The molecule has 1 amide bonds. The molecule has 4 aromatic rings. The summed E-state index contributed by atoms with van der Waals surface area (Å²) in [5, 5.41) is 0. The number of fused-ring (bicyclic) bond motifs is 2. The van der Waals surface area contributed by atoms with Crippen LogP contribution in [0.3, 0.4) is 0 Å². The molecular weight excluding hydrogens is 304 g/mol. The lowest BCUT2D eigenvalue weighted by Crippen LogP contribution is -2.14. The smallest absolute Gasteiger partial charge is 0.250 e. The molecule has 0 saturated heterocycles. The van der Waals surface area contributed by atoms with Gasteiger partial charge in [-0.2, -0.15) is 0 Å². The fourth-order valence-corrected chi connectivity index (χ4v) is 3.02. The van der Waals surface area contributed by atoms with Crippen LogP contribution in [0.2, 0.25) is 0 Å². The molecule has 7 nitrogen and oxygen atoms in total. The molecule has 24 heavy (non-hydrogen) atoms. The molecule has 0 bridgehead atoms. The zero-order valence-corrected chi connectivity index (χ0v) is 12.9. The number of aryl methyl sites for hydroxylation is 1. The summed E-state index contributed by atoms with van der Waals surface area (Å²) < 4.78 is 0. The first-order valence-electron chi connectivity index (χ1n) is 7.34. The molecule has 0 atom stereocenters. The van der Waals surface area contributed by atoms with Gasteiger partial charge in [-0.15, -0.1) is 0 Å². The first-order valence-corrected chi connectivity index (χ1v) is 7.34. The summed E-state index contributed by atoms with van der Waals surface area (Å²) >= 11 is 0. The molecule has 4 rings (SSSR count). The molecule has 0 aliphatic heterocycles. The van der Waals surface area contributed by atoms with Crippen molar-refractivity contribution in [1.82, 2.24) is 19.9 Å². The summed E-state index contributed by atoms with van der Waals surface area (Å²) in [4.78, 5) is 27.9. The van der Waals surface area contributed by atoms with Crippen LogP contribution < -0.4 is 11.5 Å². The highest BCUT2D eigenvalue weighted by Gasteiger charge is 2.19. The van der Waals surface area contributed by atoms with E-state index in [0.717, 1.165) is 22.2 Å². The van der Waals surface area contributed by atoms with Crippen LogP contribution in [0.1, 0.15) is 15.9 Å². The average Bonchev–Trinajstić information content (AvgIpc) is 3.05. The van der Waals surface area contributed by atoms with Crippen molar-refractivity contribution >= 4 is 33.7 Å². The second-order valence-corrected chi connectivity index (χ2v) is 5.54. The molecule has 118 valence electrons. The number of aromatic amines is 1. The molecule has 0 radical (unpaired) electrons. The van der Waals surface area contributed by atoms with Gasteiger partial charge in [-0.25, -0.2) is 4.98 Å². The van der Waals surface area contributed by atoms with Crippen molar-refractivity contribution in [2.75, 3.05) is 5.73 Å². The summed E-state index contributed by atoms with van der Waals surface area (Å²) in [6, 6.07) is 5.43. The van der Waals surface area contributed by atoms with Gasteiger partial charge in [-0.05, 0) is 30.2 Å². The normalized spacial score (nSPS) is 11.2. The minimum atomic E-state index is -0.597. The SMILES string of the molecule is Cc1c(-c2c(N)c(C(N)=O)cc3nccnc23)ccc2[nH]cnc12. The molecule has 2 heterocycles. The van der Waals surface area contributed by atoms with Crippen LogP contribution in [-0.4, -0.2) is 25.8 Å². The van der Waals surface area contributed by atoms with E-state index in [1.165, 1.54) is 0 Å². The Balaban J connectivity index is 2.16. The Hall–Kier alpha value is -3.48. The van der Waals surface area contributed by atoms with Gasteiger partial charge in [0, 0.05) is 18.0 Å². The highest BCUT2D eigenvalue weighted by Crippen LogP contribution is 2.38. The fraction of sp³-hybridized carbons (Fsp3) is 0.0588. The number of H-pyrrole nitrogens is 1. The molecule has 0 spiro atoms. The molecule has 2 aromatic carbocycles. The van der Waals surface area contributed by atoms with Crippen LogP contribution in [0.4, 0.5) is 5.69 Å². The monoisotopic (exact) mass is 318 g/mol. The summed E-state index contributed by atoms with van der Waals surface area (Å²) in [6.45, 7) is 1.96. The third-order valence-electron chi connectivity index (χ3n) is 4.18. The molecule has 5 N–H and O–H groups in total. The third-order valence-corrected chi connectivity index (χ3v) is 4.18. The van der Waals surface area contributed by atoms with Gasteiger partial charge in [0.1, 0.15) is 0 Å². The Morgan fingerprint density at radius 2 is 1.92 bits per heavy atom. The van der Waals surface area contributed by atoms with Gasteiger partial charge in [0.2, 0.25) is 0 Å². The van der Waals surface area contributed by atoms with Gasteiger partial charge >= 0.3 is 0 Å². The maximum Gasteiger partial charge on any atom is 0.250 e.